The Balaban J connectivity index is 0.00000342. The quantitative estimate of drug-likeness (QED) is 0.528. The summed E-state index contributed by atoms with van der Waals surface area (Å²) in [5, 5.41) is 3.19. The average Bonchev–Trinajstić information content (AvgIpc) is 3.22. The minimum absolute atomic E-state index is 0. The van der Waals surface area contributed by atoms with Crippen LogP contribution in [0.4, 0.5) is 10.1 Å². The third-order valence-electron chi connectivity index (χ3n) is 6.53. The van der Waals surface area contributed by atoms with Crippen molar-refractivity contribution in [1.82, 2.24) is 14.9 Å². The van der Waals surface area contributed by atoms with E-state index in [0.29, 0.717) is 11.5 Å². The SMILES string of the molecule is Cc1ccccc1C(C(=O)NC1CCCCC1)N(C(=O)Cn1ccnc1C)c1cccc(F)c1.[HH]. The highest BCUT2D eigenvalue weighted by Crippen LogP contribution is 2.31. The van der Waals surface area contributed by atoms with E-state index in [2.05, 4.69) is 10.3 Å². The molecule has 180 valence electrons. The Labute approximate surface area is 201 Å². The van der Waals surface area contributed by atoms with Gasteiger partial charge in [0.15, 0.2) is 0 Å². The van der Waals surface area contributed by atoms with Crippen molar-refractivity contribution in [2.24, 2.45) is 0 Å². The molecule has 0 radical (unpaired) electrons. The summed E-state index contributed by atoms with van der Waals surface area (Å²) in [7, 11) is 0. The summed E-state index contributed by atoms with van der Waals surface area (Å²) in [6.07, 6.45) is 8.53. The molecule has 1 saturated carbocycles. The highest BCUT2D eigenvalue weighted by atomic mass is 19.1. The first-order valence-corrected chi connectivity index (χ1v) is 11.9. The summed E-state index contributed by atoms with van der Waals surface area (Å²) in [6, 6.07) is 12.6. The van der Waals surface area contributed by atoms with Crippen molar-refractivity contribution in [3.8, 4) is 0 Å². The minimum atomic E-state index is -0.929. The van der Waals surface area contributed by atoms with E-state index in [1.807, 2.05) is 38.1 Å². The standard InChI is InChI=1S/C27H31FN4O2.H2/c1-19-9-6-7-14-24(19)26(27(34)30-22-11-4-3-5-12-22)32(23-13-8-10-21(28)17-23)25(33)18-31-16-15-29-20(31)2;/h6-10,13-17,22,26H,3-5,11-12,18H2,1-2H3,(H,30,34);1H. The van der Waals surface area contributed by atoms with Crippen LogP contribution < -0.4 is 10.2 Å². The number of hydrogen-bond acceptors (Lipinski definition) is 3. The molecule has 1 aromatic heterocycles. The van der Waals surface area contributed by atoms with Crippen LogP contribution in [0.3, 0.4) is 0 Å². The minimum Gasteiger partial charge on any atom is -0.351 e. The van der Waals surface area contributed by atoms with Gasteiger partial charge in [-0.05, 0) is 56.0 Å². The molecular weight excluding hydrogens is 431 g/mol. The zero-order valence-electron chi connectivity index (χ0n) is 19.7. The van der Waals surface area contributed by atoms with Gasteiger partial charge in [0.2, 0.25) is 11.8 Å². The van der Waals surface area contributed by atoms with Gasteiger partial charge in [-0.15, -0.1) is 0 Å². The Morgan fingerprint density at radius 3 is 2.59 bits per heavy atom. The Hall–Kier alpha value is -3.48. The van der Waals surface area contributed by atoms with Gasteiger partial charge >= 0.3 is 0 Å². The number of aryl methyl sites for hydroxylation is 2. The maximum Gasteiger partial charge on any atom is 0.248 e. The third kappa shape index (κ3) is 5.35. The van der Waals surface area contributed by atoms with E-state index in [9.17, 15) is 14.0 Å². The summed E-state index contributed by atoms with van der Waals surface area (Å²) in [4.78, 5) is 33.2. The predicted octanol–water partition coefficient (Wildman–Crippen LogP) is 5.11. The maximum atomic E-state index is 14.3. The second-order valence-electron chi connectivity index (χ2n) is 8.95. The summed E-state index contributed by atoms with van der Waals surface area (Å²) in [5.41, 5.74) is 1.95. The lowest BCUT2D eigenvalue weighted by atomic mass is 9.93. The topological polar surface area (TPSA) is 67.2 Å². The summed E-state index contributed by atoms with van der Waals surface area (Å²) in [5.74, 6) is -0.350. The first-order valence-electron chi connectivity index (χ1n) is 11.9. The van der Waals surface area contributed by atoms with Gasteiger partial charge in [0.25, 0.3) is 0 Å². The second-order valence-corrected chi connectivity index (χ2v) is 8.95. The average molecular weight is 465 g/mol. The molecule has 1 N–H and O–H groups in total. The molecule has 1 unspecified atom stereocenters. The summed E-state index contributed by atoms with van der Waals surface area (Å²) in [6.45, 7) is 3.72. The number of hydrogen-bond donors (Lipinski definition) is 1. The number of carbonyl (C=O) groups is 2. The van der Waals surface area contributed by atoms with Crippen molar-refractivity contribution in [2.45, 2.75) is 64.6 Å². The molecule has 0 spiro atoms. The zero-order chi connectivity index (χ0) is 24.1. The molecule has 2 amide bonds. The number of nitrogens with one attached hydrogen (secondary N) is 1. The van der Waals surface area contributed by atoms with Crippen LogP contribution in [0.25, 0.3) is 0 Å². The number of anilines is 1. The van der Waals surface area contributed by atoms with Crippen LogP contribution in [0.15, 0.2) is 60.9 Å². The van der Waals surface area contributed by atoms with E-state index in [1.54, 1.807) is 29.1 Å². The zero-order valence-corrected chi connectivity index (χ0v) is 19.7. The van der Waals surface area contributed by atoms with E-state index < -0.39 is 11.9 Å². The molecule has 34 heavy (non-hydrogen) atoms. The van der Waals surface area contributed by atoms with Crippen LogP contribution >= 0.6 is 0 Å². The highest BCUT2D eigenvalue weighted by Gasteiger charge is 2.35. The van der Waals surface area contributed by atoms with Gasteiger partial charge in [-0.3, -0.25) is 14.5 Å². The molecular formula is C27H33FN4O2. The lowest BCUT2D eigenvalue weighted by Gasteiger charge is -2.34. The molecule has 3 aromatic rings. The monoisotopic (exact) mass is 464 g/mol. The largest absolute Gasteiger partial charge is 0.351 e. The number of benzene rings is 2. The van der Waals surface area contributed by atoms with Crippen molar-refractivity contribution in [3.05, 3.63) is 83.7 Å². The van der Waals surface area contributed by atoms with Crippen molar-refractivity contribution < 1.29 is 15.4 Å². The van der Waals surface area contributed by atoms with Gasteiger partial charge in [-0.25, -0.2) is 9.37 Å². The first-order chi connectivity index (χ1) is 16.4. The fourth-order valence-corrected chi connectivity index (χ4v) is 4.67. The number of halogens is 1. The molecule has 1 aliphatic carbocycles. The van der Waals surface area contributed by atoms with Crippen molar-refractivity contribution in [2.75, 3.05) is 4.90 Å². The second kappa shape index (κ2) is 10.6. The number of amides is 2. The predicted molar refractivity (Wildman–Crippen MR) is 132 cm³/mol. The van der Waals surface area contributed by atoms with Crippen LogP contribution in [-0.4, -0.2) is 27.4 Å². The molecule has 1 fully saturated rings. The number of carbonyl (C=O) groups excluding carboxylic acids is 2. The van der Waals surface area contributed by atoms with E-state index in [-0.39, 0.29) is 25.8 Å². The van der Waals surface area contributed by atoms with Gasteiger partial charge in [-0.1, -0.05) is 49.6 Å². The summed E-state index contributed by atoms with van der Waals surface area (Å²) >= 11 is 0. The van der Waals surface area contributed by atoms with Crippen LogP contribution in [0, 0.1) is 19.7 Å². The van der Waals surface area contributed by atoms with E-state index in [0.717, 1.165) is 36.8 Å². The Bertz CT molecular complexity index is 1160. The Morgan fingerprint density at radius 1 is 1.15 bits per heavy atom. The molecule has 4 rings (SSSR count). The van der Waals surface area contributed by atoms with Gasteiger partial charge in [0, 0.05) is 25.5 Å². The number of nitrogens with zero attached hydrogens (tertiary/aromatic N) is 3. The van der Waals surface area contributed by atoms with Gasteiger partial charge in [-0.2, -0.15) is 0 Å². The number of aromatic nitrogens is 2. The lowest BCUT2D eigenvalue weighted by molar-refractivity contribution is -0.127. The molecule has 7 heteroatoms. The van der Waals surface area contributed by atoms with Crippen LogP contribution in [0.5, 0.6) is 0 Å². The van der Waals surface area contributed by atoms with Crippen molar-refractivity contribution in [3.63, 3.8) is 0 Å². The lowest BCUT2D eigenvalue weighted by Crippen LogP contribution is -2.48. The van der Waals surface area contributed by atoms with Crippen LogP contribution in [0.2, 0.25) is 0 Å². The van der Waals surface area contributed by atoms with Crippen molar-refractivity contribution >= 4 is 17.5 Å². The number of imidazole rings is 1. The molecule has 6 nitrogen and oxygen atoms in total. The fraction of sp³-hybridized carbons (Fsp3) is 0.370. The van der Waals surface area contributed by atoms with Crippen LogP contribution in [-0.2, 0) is 16.1 Å². The van der Waals surface area contributed by atoms with E-state index >= 15 is 0 Å². The van der Waals surface area contributed by atoms with Crippen molar-refractivity contribution in [1.29, 1.82) is 0 Å². The first kappa shape index (κ1) is 23.7. The van der Waals surface area contributed by atoms with Gasteiger partial charge in [0.05, 0.1) is 0 Å². The summed E-state index contributed by atoms with van der Waals surface area (Å²) < 4.78 is 16.0. The fourth-order valence-electron chi connectivity index (χ4n) is 4.67. The molecule has 0 saturated heterocycles. The number of rotatable bonds is 7. The van der Waals surface area contributed by atoms with Gasteiger partial charge < -0.3 is 9.88 Å². The van der Waals surface area contributed by atoms with Gasteiger partial charge in [0.1, 0.15) is 24.2 Å². The smallest absolute Gasteiger partial charge is 0.248 e. The third-order valence-corrected chi connectivity index (χ3v) is 6.53. The normalized spacial score (nSPS) is 15.0. The maximum absolute atomic E-state index is 14.3. The van der Waals surface area contributed by atoms with E-state index in [4.69, 9.17) is 0 Å². The molecule has 1 aliphatic rings. The Kier molecular flexibility index (Phi) is 7.40. The molecule has 1 atom stereocenters. The van der Waals surface area contributed by atoms with E-state index in [1.165, 1.54) is 23.5 Å². The van der Waals surface area contributed by atoms with Crippen LogP contribution in [0.1, 0.15) is 56.5 Å². The highest BCUT2D eigenvalue weighted by molar-refractivity contribution is 6.01. The molecule has 1 heterocycles. The molecule has 0 aliphatic heterocycles. The molecule has 0 bridgehead atoms. The Morgan fingerprint density at radius 2 is 1.91 bits per heavy atom. The molecule has 2 aromatic carbocycles.